The molecule has 0 aliphatic carbocycles. The Morgan fingerprint density at radius 3 is 2.71 bits per heavy atom. The second kappa shape index (κ2) is 4.02. The molecule has 0 radical (unpaired) electrons. The maximum Gasteiger partial charge on any atom is 0.122 e. The van der Waals surface area contributed by atoms with Gasteiger partial charge in [0.25, 0.3) is 0 Å². The lowest BCUT2D eigenvalue weighted by atomic mass is 10.3. The first-order chi connectivity index (χ1) is 6.90. The average Bonchev–Trinajstić information content (AvgIpc) is 2.67. The summed E-state index contributed by atoms with van der Waals surface area (Å²) < 4.78 is 2.04. The van der Waals surface area contributed by atoms with Crippen molar-refractivity contribution in [3.05, 3.63) is 48.3 Å². The molecule has 0 aromatic carbocycles. The zero-order valence-corrected chi connectivity index (χ0v) is 7.80. The van der Waals surface area contributed by atoms with Gasteiger partial charge >= 0.3 is 0 Å². The van der Waals surface area contributed by atoms with Gasteiger partial charge in [-0.1, -0.05) is 0 Å². The van der Waals surface area contributed by atoms with E-state index in [2.05, 4.69) is 9.97 Å². The van der Waals surface area contributed by atoms with Gasteiger partial charge in [-0.3, -0.25) is 4.98 Å². The first-order valence-electron chi connectivity index (χ1n) is 4.49. The Balaban J connectivity index is 2.19. The summed E-state index contributed by atoms with van der Waals surface area (Å²) in [6.07, 6.45) is 7.27. The first-order valence-corrected chi connectivity index (χ1v) is 4.49. The van der Waals surface area contributed by atoms with E-state index in [1.54, 1.807) is 18.6 Å². The highest BCUT2D eigenvalue weighted by atomic mass is 15.1. The molecule has 2 rings (SSSR count). The highest BCUT2D eigenvalue weighted by Crippen LogP contribution is 2.03. The lowest BCUT2D eigenvalue weighted by Gasteiger charge is -2.05. The van der Waals surface area contributed by atoms with Gasteiger partial charge in [-0.2, -0.15) is 0 Å². The molecule has 0 unspecified atom stereocenters. The van der Waals surface area contributed by atoms with Crippen LogP contribution in [0.15, 0.2) is 36.9 Å². The van der Waals surface area contributed by atoms with Crippen molar-refractivity contribution in [3.63, 3.8) is 0 Å². The third-order valence-electron chi connectivity index (χ3n) is 2.09. The minimum atomic E-state index is 0.470. The quantitative estimate of drug-likeness (QED) is 0.774. The maximum atomic E-state index is 5.55. The van der Waals surface area contributed by atoms with Crippen LogP contribution < -0.4 is 5.73 Å². The summed E-state index contributed by atoms with van der Waals surface area (Å²) in [4.78, 5) is 8.12. The SMILES string of the molecule is NCc1nccn1Cc1ccncc1. The summed E-state index contributed by atoms with van der Waals surface area (Å²) in [5.41, 5.74) is 6.75. The molecule has 4 nitrogen and oxygen atoms in total. The summed E-state index contributed by atoms with van der Waals surface area (Å²) in [6, 6.07) is 3.97. The molecule has 2 N–H and O–H groups in total. The number of hydrogen-bond acceptors (Lipinski definition) is 3. The Bertz CT molecular complexity index is 394. The van der Waals surface area contributed by atoms with E-state index in [0.29, 0.717) is 6.54 Å². The average molecular weight is 188 g/mol. The smallest absolute Gasteiger partial charge is 0.122 e. The van der Waals surface area contributed by atoms with E-state index in [1.807, 2.05) is 22.9 Å². The minimum Gasteiger partial charge on any atom is -0.329 e. The van der Waals surface area contributed by atoms with Crippen molar-refractivity contribution >= 4 is 0 Å². The molecule has 0 atom stereocenters. The monoisotopic (exact) mass is 188 g/mol. The lowest BCUT2D eigenvalue weighted by molar-refractivity contribution is 0.723. The molecule has 0 bridgehead atoms. The van der Waals surface area contributed by atoms with Crippen LogP contribution in [0.5, 0.6) is 0 Å². The fourth-order valence-electron chi connectivity index (χ4n) is 1.36. The molecule has 2 heterocycles. The normalized spacial score (nSPS) is 10.4. The zero-order chi connectivity index (χ0) is 9.80. The molecule has 0 fully saturated rings. The molecule has 72 valence electrons. The molecule has 0 aliphatic heterocycles. The molecule has 0 saturated heterocycles. The standard InChI is InChI=1S/C10H12N4/c11-7-10-13-5-6-14(10)8-9-1-3-12-4-2-9/h1-6H,7-8,11H2. The molecule has 0 spiro atoms. The summed E-state index contributed by atoms with van der Waals surface area (Å²) >= 11 is 0. The van der Waals surface area contributed by atoms with Gasteiger partial charge in [0, 0.05) is 31.3 Å². The van der Waals surface area contributed by atoms with Crippen LogP contribution in [0.3, 0.4) is 0 Å². The van der Waals surface area contributed by atoms with Crippen molar-refractivity contribution in [2.24, 2.45) is 5.73 Å². The van der Waals surface area contributed by atoms with Crippen molar-refractivity contribution in [1.29, 1.82) is 0 Å². The van der Waals surface area contributed by atoms with Gasteiger partial charge in [0.2, 0.25) is 0 Å². The van der Waals surface area contributed by atoms with Crippen molar-refractivity contribution in [1.82, 2.24) is 14.5 Å². The topological polar surface area (TPSA) is 56.7 Å². The molecule has 2 aromatic rings. The van der Waals surface area contributed by atoms with Crippen LogP contribution in [0.25, 0.3) is 0 Å². The highest BCUT2D eigenvalue weighted by molar-refractivity contribution is 5.11. The van der Waals surface area contributed by atoms with Gasteiger partial charge in [0.15, 0.2) is 0 Å². The van der Waals surface area contributed by atoms with Gasteiger partial charge in [-0.25, -0.2) is 4.98 Å². The van der Waals surface area contributed by atoms with Crippen LogP contribution in [0.4, 0.5) is 0 Å². The largest absolute Gasteiger partial charge is 0.329 e. The van der Waals surface area contributed by atoms with E-state index in [9.17, 15) is 0 Å². The fourth-order valence-corrected chi connectivity index (χ4v) is 1.36. The maximum absolute atomic E-state index is 5.55. The first kappa shape index (κ1) is 8.90. The molecule has 14 heavy (non-hydrogen) atoms. The second-order valence-corrected chi connectivity index (χ2v) is 3.03. The summed E-state index contributed by atoms with van der Waals surface area (Å²) in [7, 11) is 0. The number of rotatable bonds is 3. The Hall–Kier alpha value is -1.68. The molecule has 0 aliphatic rings. The van der Waals surface area contributed by atoms with Crippen LogP contribution in [-0.4, -0.2) is 14.5 Å². The molecular formula is C10H12N4. The number of aromatic nitrogens is 3. The van der Waals surface area contributed by atoms with E-state index in [-0.39, 0.29) is 0 Å². The van der Waals surface area contributed by atoms with Crippen LogP contribution in [0, 0.1) is 0 Å². The molecular weight excluding hydrogens is 176 g/mol. The van der Waals surface area contributed by atoms with E-state index >= 15 is 0 Å². The van der Waals surface area contributed by atoms with Crippen LogP contribution in [-0.2, 0) is 13.1 Å². The van der Waals surface area contributed by atoms with E-state index in [4.69, 9.17) is 5.73 Å². The number of nitrogens with zero attached hydrogens (tertiary/aromatic N) is 3. The Morgan fingerprint density at radius 2 is 2.00 bits per heavy atom. The van der Waals surface area contributed by atoms with Crippen LogP contribution in [0.1, 0.15) is 11.4 Å². The lowest BCUT2D eigenvalue weighted by Crippen LogP contribution is -2.08. The van der Waals surface area contributed by atoms with Gasteiger partial charge in [-0.15, -0.1) is 0 Å². The zero-order valence-electron chi connectivity index (χ0n) is 7.80. The summed E-state index contributed by atoms with van der Waals surface area (Å²) in [5.74, 6) is 0.904. The Labute approximate surface area is 82.4 Å². The third-order valence-corrected chi connectivity index (χ3v) is 2.09. The number of nitrogens with two attached hydrogens (primary N) is 1. The predicted molar refractivity (Wildman–Crippen MR) is 53.5 cm³/mol. The van der Waals surface area contributed by atoms with Gasteiger partial charge < -0.3 is 10.3 Å². The predicted octanol–water partition coefficient (Wildman–Crippen LogP) is 0.785. The fraction of sp³-hybridized carbons (Fsp3) is 0.200. The van der Waals surface area contributed by atoms with Crippen molar-refractivity contribution in [2.75, 3.05) is 0 Å². The van der Waals surface area contributed by atoms with Gasteiger partial charge in [0.1, 0.15) is 5.82 Å². The highest BCUT2D eigenvalue weighted by Gasteiger charge is 2.00. The number of pyridine rings is 1. The van der Waals surface area contributed by atoms with Crippen molar-refractivity contribution < 1.29 is 0 Å². The van der Waals surface area contributed by atoms with Crippen LogP contribution in [0.2, 0.25) is 0 Å². The van der Waals surface area contributed by atoms with Crippen LogP contribution >= 0.6 is 0 Å². The second-order valence-electron chi connectivity index (χ2n) is 3.03. The minimum absolute atomic E-state index is 0.470. The van der Waals surface area contributed by atoms with Gasteiger partial charge in [0.05, 0.1) is 6.54 Å². The molecule has 0 saturated carbocycles. The number of hydrogen-bond donors (Lipinski definition) is 1. The van der Waals surface area contributed by atoms with Crippen molar-refractivity contribution in [2.45, 2.75) is 13.1 Å². The molecule has 0 amide bonds. The molecule has 4 heteroatoms. The molecule has 2 aromatic heterocycles. The third kappa shape index (κ3) is 1.80. The van der Waals surface area contributed by atoms with Gasteiger partial charge in [-0.05, 0) is 17.7 Å². The van der Waals surface area contributed by atoms with Crippen molar-refractivity contribution in [3.8, 4) is 0 Å². The van der Waals surface area contributed by atoms with E-state index < -0.39 is 0 Å². The van der Waals surface area contributed by atoms with E-state index in [0.717, 1.165) is 12.4 Å². The van der Waals surface area contributed by atoms with E-state index in [1.165, 1.54) is 5.56 Å². The summed E-state index contributed by atoms with van der Waals surface area (Å²) in [5, 5.41) is 0. The summed E-state index contributed by atoms with van der Waals surface area (Å²) in [6.45, 7) is 1.27. The Morgan fingerprint density at radius 1 is 1.21 bits per heavy atom. The number of imidazole rings is 1. The Kier molecular flexibility index (Phi) is 2.55.